The largest absolute Gasteiger partial charge is 0.468 e. The monoisotopic (exact) mass is 262 g/mol. The summed E-state index contributed by atoms with van der Waals surface area (Å²) in [4.78, 5) is 4.43. The van der Waals surface area contributed by atoms with E-state index in [1.165, 1.54) is 5.56 Å². The fourth-order valence-corrected chi connectivity index (χ4v) is 2.59. The third-order valence-corrected chi connectivity index (χ3v) is 3.86. The van der Waals surface area contributed by atoms with Crippen LogP contribution in [0.1, 0.15) is 24.7 Å². The van der Waals surface area contributed by atoms with Crippen LogP contribution in [-0.2, 0) is 12.2 Å². The topological polar surface area (TPSA) is 52.0 Å². The Morgan fingerprint density at radius 2 is 2.28 bits per heavy atom. The minimum atomic E-state index is 0.206. The molecule has 0 aliphatic carbocycles. The lowest BCUT2D eigenvalue weighted by atomic mass is 10.1. The molecule has 0 fully saturated rings. The zero-order valence-electron chi connectivity index (χ0n) is 10.5. The molecule has 0 saturated carbocycles. The minimum Gasteiger partial charge on any atom is -0.468 e. The van der Waals surface area contributed by atoms with E-state index in [1.807, 2.05) is 24.4 Å². The molecule has 96 valence electrons. The number of hydrogen-bond acceptors (Lipinski definition) is 4. The van der Waals surface area contributed by atoms with Crippen molar-refractivity contribution in [2.75, 3.05) is 0 Å². The van der Waals surface area contributed by atoms with Gasteiger partial charge in [-0.05, 0) is 36.6 Å². The molecule has 0 aromatic carbocycles. The van der Waals surface area contributed by atoms with Crippen molar-refractivity contribution in [3.05, 3.63) is 48.0 Å². The average Bonchev–Trinajstić information content (AvgIpc) is 2.91. The van der Waals surface area contributed by atoms with Gasteiger partial charge in [0.15, 0.2) is 0 Å². The molecule has 2 heterocycles. The first-order valence-corrected chi connectivity index (χ1v) is 7.12. The molecule has 0 saturated heterocycles. The number of furan rings is 1. The maximum atomic E-state index is 6.01. The fraction of sp³-hybridized carbons (Fsp3) is 0.357. The zero-order chi connectivity index (χ0) is 12.8. The molecule has 0 aliphatic heterocycles. The van der Waals surface area contributed by atoms with Crippen LogP contribution >= 0.6 is 11.8 Å². The van der Waals surface area contributed by atoms with Crippen molar-refractivity contribution >= 4 is 11.8 Å². The van der Waals surface area contributed by atoms with E-state index in [2.05, 4.69) is 18.0 Å². The van der Waals surface area contributed by atoms with Crippen LogP contribution in [-0.4, -0.2) is 11.0 Å². The van der Waals surface area contributed by atoms with Crippen molar-refractivity contribution < 1.29 is 4.42 Å². The second kappa shape index (κ2) is 6.61. The predicted octanol–water partition coefficient (Wildman–Crippen LogP) is 3.25. The smallest absolute Gasteiger partial charge is 0.114 e. The normalized spacial score (nSPS) is 12.6. The molecule has 2 aromatic rings. The van der Waals surface area contributed by atoms with Gasteiger partial charge in [0.05, 0.1) is 17.0 Å². The van der Waals surface area contributed by atoms with Gasteiger partial charge < -0.3 is 10.2 Å². The molecule has 1 atom stereocenters. The standard InChI is InChI=1S/C14H18N2OS/c1-2-12(15)9-11-5-3-7-16-14(11)18-10-13-6-4-8-17-13/h3-8,12H,2,9-10,15H2,1H3. The molecule has 2 N–H and O–H groups in total. The van der Waals surface area contributed by atoms with Gasteiger partial charge >= 0.3 is 0 Å². The van der Waals surface area contributed by atoms with Crippen LogP contribution in [0.4, 0.5) is 0 Å². The number of thioether (sulfide) groups is 1. The van der Waals surface area contributed by atoms with E-state index in [9.17, 15) is 0 Å². The quantitative estimate of drug-likeness (QED) is 0.812. The highest BCUT2D eigenvalue weighted by molar-refractivity contribution is 7.98. The first kappa shape index (κ1) is 13.2. The summed E-state index contributed by atoms with van der Waals surface area (Å²) in [6.45, 7) is 2.11. The van der Waals surface area contributed by atoms with Gasteiger partial charge in [-0.1, -0.05) is 24.8 Å². The molecule has 2 aromatic heterocycles. The maximum Gasteiger partial charge on any atom is 0.114 e. The molecule has 2 rings (SSSR count). The van der Waals surface area contributed by atoms with Crippen molar-refractivity contribution in [2.24, 2.45) is 5.73 Å². The first-order valence-electron chi connectivity index (χ1n) is 6.14. The summed E-state index contributed by atoms with van der Waals surface area (Å²) in [5.41, 5.74) is 7.23. The number of nitrogens with zero attached hydrogens (tertiary/aromatic N) is 1. The third-order valence-electron chi connectivity index (χ3n) is 2.79. The fourth-order valence-electron chi connectivity index (χ4n) is 1.67. The summed E-state index contributed by atoms with van der Waals surface area (Å²) in [6, 6.07) is 8.16. The van der Waals surface area contributed by atoms with Gasteiger partial charge in [0.1, 0.15) is 5.76 Å². The van der Waals surface area contributed by atoms with E-state index in [0.717, 1.165) is 29.4 Å². The Kier molecular flexibility index (Phi) is 4.84. The van der Waals surface area contributed by atoms with Crippen LogP contribution in [0.2, 0.25) is 0 Å². The van der Waals surface area contributed by atoms with Crippen LogP contribution in [0.5, 0.6) is 0 Å². The SMILES string of the molecule is CCC(N)Cc1cccnc1SCc1ccco1. The molecular formula is C14H18N2OS. The highest BCUT2D eigenvalue weighted by Crippen LogP contribution is 2.25. The Morgan fingerprint density at radius 1 is 1.39 bits per heavy atom. The van der Waals surface area contributed by atoms with Crippen LogP contribution in [0.3, 0.4) is 0 Å². The third kappa shape index (κ3) is 3.62. The van der Waals surface area contributed by atoms with Gasteiger partial charge in [0.25, 0.3) is 0 Å². The molecule has 1 unspecified atom stereocenters. The second-order valence-corrected chi connectivity index (χ2v) is 5.17. The molecule has 3 nitrogen and oxygen atoms in total. The molecule has 0 spiro atoms. The highest BCUT2D eigenvalue weighted by Gasteiger charge is 2.08. The summed E-state index contributed by atoms with van der Waals surface area (Å²) in [5.74, 6) is 1.77. The van der Waals surface area contributed by atoms with Gasteiger partial charge in [-0.3, -0.25) is 0 Å². The molecule has 18 heavy (non-hydrogen) atoms. The number of rotatable bonds is 6. The number of aromatic nitrogens is 1. The average molecular weight is 262 g/mol. The lowest BCUT2D eigenvalue weighted by molar-refractivity contribution is 0.530. The summed E-state index contributed by atoms with van der Waals surface area (Å²) >= 11 is 1.70. The predicted molar refractivity (Wildman–Crippen MR) is 74.5 cm³/mol. The molecule has 0 amide bonds. The Morgan fingerprint density at radius 3 is 3.00 bits per heavy atom. The van der Waals surface area contributed by atoms with E-state index in [1.54, 1.807) is 18.0 Å². The summed E-state index contributed by atoms with van der Waals surface area (Å²) in [6.07, 6.45) is 5.38. The Hall–Kier alpha value is -1.26. The van der Waals surface area contributed by atoms with Crippen molar-refractivity contribution in [1.82, 2.24) is 4.98 Å². The van der Waals surface area contributed by atoms with E-state index in [0.29, 0.717) is 0 Å². The maximum absolute atomic E-state index is 6.01. The highest BCUT2D eigenvalue weighted by atomic mass is 32.2. The Labute approximate surface area is 112 Å². The summed E-state index contributed by atoms with van der Waals surface area (Å²) < 4.78 is 5.32. The molecule has 0 bridgehead atoms. The van der Waals surface area contributed by atoms with E-state index >= 15 is 0 Å². The van der Waals surface area contributed by atoms with Crippen molar-refractivity contribution in [1.29, 1.82) is 0 Å². The van der Waals surface area contributed by atoms with Crippen LogP contribution in [0, 0.1) is 0 Å². The van der Waals surface area contributed by atoms with Crippen LogP contribution in [0.25, 0.3) is 0 Å². The minimum absolute atomic E-state index is 0.206. The van der Waals surface area contributed by atoms with E-state index < -0.39 is 0 Å². The van der Waals surface area contributed by atoms with Gasteiger partial charge in [0.2, 0.25) is 0 Å². The van der Waals surface area contributed by atoms with Crippen LogP contribution in [0.15, 0.2) is 46.2 Å². The number of nitrogens with two attached hydrogens (primary N) is 1. The Balaban J connectivity index is 2.02. The van der Waals surface area contributed by atoms with Gasteiger partial charge in [0, 0.05) is 12.2 Å². The van der Waals surface area contributed by atoms with Crippen molar-refractivity contribution in [3.63, 3.8) is 0 Å². The van der Waals surface area contributed by atoms with Gasteiger partial charge in [-0.25, -0.2) is 4.98 Å². The van der Waals surface area contributed by atoms with Gasteiger partial charge in [-0.15, -0.1) is 0 Å². The van der Waals surface area contributed by atoms with Gasteiger partial charge in [-0.2, -0.15) is 0 Å². The zero-order valence-corrected chi connectivity index (χ0v) is 11.3. The van der Waals surface area contributed by atoms with E-state index in [-0.39, 0.29) is 6.04 Å². The molecule has 4 heteroatoms. The summed E-state index contributed by atoms with van der Waals surface area (Å²) in [5, 5.41) is 1.05. The lowest BCUT2D eigenvalue weighted by Crippen LogP contribution is -2.21. The molecule has 0 aliphatic rings. The lowest BCUT2D eigenvalue weighted by Gasteiger charge is -2.11. The number of hydrogen-bond donors (Lipinski definition) is 1. The van der Waals surface area contributed by atoms with E-state index in [4.69, 9.17) is 10.2 Å². The Bertz CT molecular complexity index is 470. The first-order chi connectivity index (χ1) is 8.79. The van der Waals surface area contributed by atoms with Crippen molar-refractivity contribution in [3.8, 4) is 0 Å². The number of pyridine rings is 1. The van der Waals surface area contributed by atoms with Crippen molar-refractivity contribution in [2.45, 2.75) is 36.6 Å². The summed E-state index contributed by atoms with van der Waals surface area (Å²) in [7, 11) is 0. The second-order valence-electron chi connectivity index (χ2n) is 4.21. The van der Waals surface area contributed by atoms with Crippen LogP contribution < -0.4 is 5.73 Å². The molecular weight excluding hydrogens is 244 g/mol. The molecule has 0 radical (unpaired) electrons.